The van der Waals surface area contributed by atoms with Gasteiger partial charge in [0, 0.05) is 17.3 Å². The van der Waals surface area contributed by atoms with Gasteiger partial charge in [0.2, 0.25) is 0 Å². The lowest BCUT2D eigenvalue weighted by molar-refractivity contribution is -0.120. The van der Waals surface area contributed by atoms with Crippen LogP contribution in [0.1, 0.15) is 27.9 Å². The molecule has 3 rings (SSSR count). The van der Waals surface area contributed by atoms with Crippen molar-refractivity contribution in [1.82, 2.24) is 5.32 Å². The molecule has 1 atom stereocenters. The Hall–Kier alpha value is -2.95. The van der Waals surface area contributed by atoms with Crippen molar-refractivity contribution in [1.29, 1.82) is 0 Å². The van der Waals surface area contributed by atoms with Crippen molar-refractivity contribution in [3.63, 3.8) is 0 Å². The number of benzene rings is 2. The first kappa shape index (κ1) is 17.9. The van der Waals surface area contributed by atoms with Gasteiger partial charge >= 0.3 is 0 Å². The lowest BCUT2D eigenvalue weighted by atomic mass is 9.97. The van der Waals surface area contributed by atoms with Crippen molar-refractivity contribution in [2.24, 2.45) is 10.9 Å². The number of carbonyl (C=O) groups is 2. The largest absolute Gasteiger partial charge is 0.497 e. The van der Waals surface area contributed by atoms with E-state index in [1.165, 1.54) is 0 Å². The van der Waals surface area contributed by atoms with Gasteiger partial charge in [-0.25, -0.2) is 4.99 Å². The molecule has 1 aliphatic heterocycles. The number of methoxy groups -OCH3 is 1. The van der Waals surface area contributed by atoms with Gasteiger partial charge in [0.1, 0.15) is 5.75 Å². The number of hydrogen-bond donors (Lipinski definition) is 1. The van der Waals surface area contributed by atoms with Crippen molar-refractivity contribution in [2.75, 3.05) is 13.7 Å². The van der Waals surface area contributed by atoms with E-state index in [9.17, 15) is 9.59 Å². The Morgan fingerprint density at radius 3 is 2.73 bits per heavy atom. The van der Waals surface area contributed by atoms with Crippen molar-refractivity contribution < 1.29 is 14.3 Å². The van der Waals surface area contributed by atoms with Gasteiger partial charge in [0.05, 0.1) is 18.4 Å². The summed E-state index contributed by atoms with van der Waals surface area (Å²) < 4.78 is 5.13. The molecule has 0 bridgehead atoms. The molecule has 0 fully saturated rings. The molecule has 2 amide bonds. The first-order valence-corrected chi connectivity index (χ1v) is 8.62. The van der Waals surface area contributed by atoms with E-state index in [1.807, 2.05) is 32.1 Å². The zero-order valence-corrected chi connectivity index (χ0v) is 15.2. The Morgan fingerprint density at radius 1 is 1.19 bits per heavy atom. The summed E-state index contributed by atoms with van der Waals surface area (Å²) in [5.74, 6) is -0.0124. The van der Waals surface area contributed by atoms with Crippen LogP contribution in [0.15, 0.2) is 41.4 Å². The highest BCUT2D eigenvalue weighted by Crippen LogP contribution is 2.13. The number of nitrogens with one attached hydrogen (secondary N) is 1. The Bertz CT molecular complexity index is 979. The van der Waals surface area contributed by atoms with Crippen LogP contribution in [0.5, 0.6) is 5.75 Å². The maximum Gasteiger partial charge on any atom is 0.253 e. The highest BCUT2D eigenvalue weighted by molar-refractivity contribution is 5.94. The van der Waals surface area contributed by atoms with Gasteiger partial charge < -0.3 is 10.1 Å². The smallest absolute Gasteiger partial charge is 0.253 e. The number of fused-ring (bicyclic) bond motifs is 1. The van der Waals surface area contributed by atoms with Gasteiger partial charge in [-0.15, -0.1) is 0 Å². The van der Waals surface area contributed by atoms with Crippen LogP contribution in [0.2, 0.25) is 0 Å². The number of amides is 2. The van der Waals surface area contributed by atoms with Crippen LogP contribution in [-0.4, -0.2) is 25.5 Å². The van der Waals surface area contributed by atoms with Crippen LogP contribution in [0.4, 0.5) is 0 Å². The third-order valence-corrected chi connectivity index (χ3v) is 4.62. The van der Waals surface area contributed by atoms with E-state index < -0.39 is 0 Å². The van der Waals surface area contributed by atoms with Gasteiger partial charge in [0.25, 0.3) is 11.8 Å². The molecule has 5 heteroatoms. The molecular formula is C21H22N2O3. The standard InChI is InChI=1S/C21H22N2O3/c1-13-7-8-14(2)19-18(13)12-16(21(25)23-19)9-10-22-20(24)15-5-4-6-17(11-15)26-3/h4-8,11-12,16H,9-10H2,1-3H3,(H,22,24). The first-order valence-electron chi connectivity index (χ1n) is 8.62. The summed E-state index contributed by atoms with van der Waals surface area (Å²) >= 11 is 0. The van der Waals surface area contributed by atoms with Crippen molar-refractivity contribution >= 4 is 17.9 Å². The molecule has 0 aromatic heterocycles. The highest BCUT2D eigenvalue weighted by atomic mass is 16.5. The molecule has 1 aliphatic rings. The van der Waals surface area contributed by atoms with E-state index in [4.69, 9.17) is 4.74 Å². The van der Waals surface area contributed by atoms with Crippen molar-refractivity contribution in [2.45, 2.75) is 20.3 Å². The lowest BCUT2D eigenvalue weighted by Crippen LogP contribution is -2.38. The molecule has 0 spiro atoms. The van der Waals surface area contributed by atoms with Crippen molar-refractivity contribution in [3.8, 4) is 5.75 Å². The van der Waals surface area contributed by atoms with E-state index >= 15 is 0 Å². The number of ether oxygens (including phenoxy) is 1. The fraction of sp³-hybridized carbons (Fsp3) is 0.286. The van der Waals surface area contributed by atoms with Gasteiger partial charge in [0.15, 0.2) is 0 Å². The fourth-order valence-corrected chi connectivity index (χ4v) is 3.06. The molecule has 1 heterocycles. The number of nitrogens with zero attached hydrogens (tertiary/aromatic N) is 1. The van der Waals surface area contributed by atoms with Crippen LogP contribution in [0, 0.1) is 19.8 Å². The number of aryl methyl sites for hydroxylation is 2. The summed E-state index contributed by atoms with van der Waals surface area (Å²) in [6.07, 6.45) is 2.50. The summed E-state index contributed by atoms with van der Waals surface area (Å²) in [6.45, 7) is 4.37. The lowest BCUT2D eigenvalue weighted by Gasteiger charge is -2.14. The van der Waals surface area contributed by atoms with Crippen LogP contribution in [0.3, 0.4) is 0 Å². The Morgan fingerprint density at radius 2 is 1.96 bits per heavy atom. The molecule has 0 aliphatic carbocycles. The summed E-state index contributed by atoms with van der Waals surface area (Å²) in [4.78, 5) is 28.8. The molecule has 1 unspecified atom stereocenters. The summed E-state index contributed by atoms with van der Waals surface area (Å²) in [7, 11) is 1.56. The molecule has 0 saturated heterocycles. The molecule has 0 radical (unpaired) electrons. The Balaban J connectivity index is 1.68. The first-order chi connectivity index (χ1) is 12.5. The SMILES string of the molecule is COc1cccc(C(=O)NCCC2C=c3c(C)ccc(C)c3=NC2=O)c1. The van der Waals surface area contributed by atoms with Gasteiger partial charge in [-0.2, -0.15) is 0 Å². The van der Waals surface area contributed by atoms with E-state index in [2.05, 4.69) is 10.3 Å². The number of hydrogen-bond acceptors (Lipinski definition) is 3. The van der Waals surface area contributed by atoms with E-state index in [-0.39, 0.29) is 17.7 Å². The normalized spacial score (nSPS) is 15.5. The van der Waals surface area contributed by atoms with Crippen molar-refractivity contribution in [3.05, 3.63) is 63.7 Å². The molecular weight excluding hydrogens is 328 g/mol. The predicted molar refractivity (Wildman–Crippen MR) is 99.6 cm³/mol. The van der Waals surface area contributed by atoms with Gasteiger partial charge in [-0.1, -0.05) is 24.3 Å². The minimum absolute atomic E-state index is 0.151. The topological polar surface area (TPSA) is 67.8 Å². The Labute approximate surface area is 152 Å². The number of rotatable bonds is 5. The second-order valence-electron chi connectivity index (χ2n) is 6.46. The highest BCUT2D eigenvalue weighted by Gasteiger charge is 2.19. The average molecular weight is 350 g/mol. The quantitative estimate of drug-likeness (QED) is 0.892. The zero-order valence-electron chi connectivity index (χ0n) is 15.2. The molecule has 1 N–H and O–H groups in total. The second-order valence-corrected chi connectivity index (χ2v) is 6.46. The van der Waals surface area contributed by atoms with Gasteiger partial charge in [-0.05, 0) is 49.6 Å². The Kier molecular flexibility index (Phi) is 5.16. The molecule has 134 valence electrons. The van der Waals surface area contributed by atoms with E-state index in [1.54, 1.807) is 31.4 Å². The minimum Gasteiger partial charge on any atom is -0.497 e. The monoisotopic (exact) mass is 350 g/mol. The van der Waals surface area contributed by atoms with E-state index in [0.29, 0.717) is 24.3 Å². The zero-order chi connectivity index (χ0) is 18.7. The molecule has 0 saturated carbocycles. The van der Waals surface area contributed by atoms with Crippen LogP contribution < -0.4 is 20.6 Å². The van der Waals surface area contributed by atoms with Crippen LogP contribution >= 0.6 is 0 Å². The summed E-state index contributed by atoms with van der Waals surface area (Å²) in [5, 5.41) is 4.65. The minimum atomic E-state index is -0.311. The molecule has 2 aromatic carbocycles. The molecule has 26 heavy (non-hydrogen) atoms. The third kappa shape index (κ3) is 3.67. The fourth-order valence-electron chi connectivity index (χ4n) is 3.06. The summed E-state index contributed by atoms with van der Waals surface area (Å²) in [6, 6.07) is 11.0. The van der Waals surface area contributed by atoms with Crippen LogP contribution in [-0.2, 0) is 4.79 Å². The predicted octanol–water partition coefficient (Wildman–Crippen LogP) is 1.69. The average Bonchev–Trinajstić information content (AvgIpc) is 2.65. The number of carbonyl (C=O) groups excluding carboxylic acids is 2. The molecule has 5 nitrogen and oxygen atoms in total. The maximum absolute atomic E-state index is 12.3. The summed E-state index contributed by atoms with van der Waals surface area (Å²) in [5.41, 5.74) is 2.64. The van der Waals surface area contributed by atoms with Gasteiger partial charge in [-0.3, -0.25) is 9.59 Å². The van der Waals surface area contributed by atoms with Crippen LogP contribution in [0.25, 0.3) is 6.08 Å². The third-order valence-electron chi connectivity index (χ3n) is 4.62. The molecule has 2 aromatic rings. The van der Waals surface area contributed by atoms with E-state index in [0.717, 1.165) is 21.7 Å². The maximum atomic E-state index is 12.3. The second kappa shape index (κ2) is 7.52.